The van der Waals surface area contributed by atoms with Gasteiger partial charge >= 0.3 is 0 Å². The lowest BCUT2D eigenvalue weighted by atomic mass is 10.00. The van der Waals surface area contributed by atoms with Gasteiger partial charge in [0.05, 0.1) is 0 Å². The summed E-state index contributed by atoms with van der Waals surface area (Å²) in [6.45, 7) is 7.85. The summed E-state index contributed by atoms with van der Waals surface area (Å²) in [5.74, 6) is 0. The van der Waals surface area contributed by atoms with Gasteiger partial charge < -0.3 is 10.6 Å². The molecular weight excluding hydrogens is 220 g/mol. The van der Waals surface area contributed by atoms with Gasteiger partial charge in [0.1, 0.15) is 0 Å². The Labute approximate surface area is 111 Å². The van der Waals surface area contributed by atoms with Crippen molar-refractivity contribution in [2.45, 2.75) is 58.5 Å². The third kappa shape index (κ3) is 2.86. The smallest absolute Gasteiger partial charge is 0.0401 e. The summed E-state index contributed by atoms with van der Waals surface area (Å²) < 4.78 is 0. The first-order valence-corrected chi connectivity index (χ1v) is 7.23. The highest BCUT2D eigenvalue weighted by molar-refractivity contribution is 5.56. The van der Waals surface area contributed by atoms with E-state index in [1.807, 2.05) is 0 Å². The molecule has 2 N–H and O–H groups in total. The summed E-state index contributed by atoms with van der Waals surface area (Å²) >= 11 is 0. The molecule has 1 aromatic rings. The van der Waals surface area contributed by atoms with Crippen molar-refractivity contribution in [3.05, 3.63) is 29.3 Å². The lowest BCUT2D eigenvalue weighted by Crippen LogP contribution is -2.29. The van der Waals surface area contributed by atoms with E-state index in [0.29, 0.717) is 6.04 Å². The number of rotatable bonds is 4. The molecule has 100 valence electrons. The summed E-state index contributed by atoms with van der Waals surface area (Å²) in [7, 11) is 0. The number of hydrogen-bond acceptors (Lipinski definition) is 2. The minimum atomic E-state index is 0.281. The van der Waals surface area contributed by atoms with Crippen LogP contribution in [0.1, 0.15) is 44.2 Å². The molecule has 0 aliphatic carbocycles. The van der Waals surface area contributed by atoms with Crippen LogP contribution in [-0.2, 0) is 6.42 Å². The van der Waals surface area contributed by atoms with Gasteiger partial charge in [-0.3, -0.25) is 0 Å². The van der Waals surface area contributed by atoms with Crippen LogP contribution in [0.2, 0.25) is 0 Å². The molecule has 0 spiro atoms. The molecule has 1 fully saturated rings. The van der Waals surface area contributed by atoms with Gasteiger partial charge in [-0.15, -0.1) is 0 Å². The number of hydrogen-bond donors (Lipinski definition) is 1. The number of benzene rings is 1. The Morgan fingerprint density at radius 1 is 1.44 bits per heavy atom. The van der Waals surface area contributed by atoms with Gasteiger partial charge in [0.25, 0.3) is 0 Å². The van der Waals surface area contributed by atoms with Crippen LogP contribution in [0, 0.1) is 6.92 Å². The topological polar surface area (TPSA) is 29.3 Å². The van der Waals surface area contributed by atoms with E-state index in [1.165, 1.54) is 36.2 Å². The van der Waals surface area contributed by atoms with Crippen LogP contribution in [-0.4, -0.2) is 18.6 Å². The molecule has 1 heterocycles. The summed E-state index contributed by atoms with van der Waals surface area (Å²) in [5, 5.41) is 0. The molecule has 2 atom stereocenters. The zero-order chi connectivity index (χ0) is 13.1. The molecular formula is C16H26N2. The largest absolute Gasteiger partial charge is 0.369 e. The Morgan fingerprint density at radius 3 is 2.83 bits per heavy atom. The van der Waals surface area contributed by atoms with Crippen LogP contribution >= 0.6 is 0 Å². The van der Waals surface area contributed by atoms with Crippen molar-refractivity contribution in [1.82, 2.24) is 0 Å². The van der Waals surface area contributed by atoms with E-state index in [9.17, 15) is 0 Å². The molecule has 1 aromatic carbocycles. The minimum absolute atomic E-state index is 0.281. The predicted molar refractivity (Wildman–Crippen MR) is 79.2 cm³/mol. The highest BCUT2D eigenvalue weighted by Crippen LogP contribution is 2.30. The molecule has 0 amide bonds. The normalized spacial score (nSPS) is 21.3. The van der Waals surface area contributed by atoms with Gasteiger partial charge in [0.2, 0.25) is 0 Å². The number of anilines is 1. The van der Waals surface area contributed by atoms with Crippen molar-refractivity contribution < 1.29 is 0 Å². The van der Waals surface area contributed by atoms with E-state index in [1.54, 1.807) is 0 Å². The van der Waals surface area contributed by atoms with Crippen molar-refractivity contribution in [3.63, 3.8) is 0 Å². The van der Waals surface area contributed by atoms with Crippen LogP contribution in [0.15, 0.2) is 18.2 Å². The van der Waals surface area contributed by atoms with Crippen molar-refractivity contribution in [2.75, 3.05) is 11.4 Å². The highest BCUT2D eigenvalue weighted by Gasteiger charge is 2.22. The van der Waals surface area contributed by atoms with Crippen LogP contribution in [0.25, 0.3) is 0 Å². The fourth-order valence-corrected chi connectivity index (χ4v) is 2.88. The van der Waals surface area contributed by atoms with E-state index in [-0.39, 0.29) is 6.04 Å². The van der Waals surface area contributed by atoms with E-state index in [4.69, 9.17) is 5.73 Å². The first-order valence-electron chi connectivity index (χ1n) is 7.23. The highest BCUT2D eigenvalue weighted by atomic mass is 15.2. The fraction of sp³-hybridized carbons (Fsp3) is 0.625. The van der Waals surface area contributed by atoms with Crippen LogP contribution in [0.4, 0.5) is 5.69 Å². The van der Waals surface area contributed by atoms with Crippen molar-refractivity contribution >= 4 is 5.69 Å². The van der Waals surface area contributed by atoms with Crippen LogP contribution < -0.4 is 10.6 Å². The van der Waals surface area contributed by atoms with Crippen LogP contribution in [0.5, 0.6) is 0 Å². The summed E-state index contributed by atoms with van der Waals surface area (Å²) in [6.07, 6.45) is 4.67. The summed E-state index contributed by atoms with van der Waals surface area (Å²) in [6, 6.07) is 7.78. The first kappa shape index (κ1) is 13.4. The van der Waals surface area contributed by atoms with Crippen LogP contribution in [0.3, 0.4) is 0 Å². The molecule has 0 saturated carbocycles. The zero-order valence-electron chi connectivity index (χ0n) is 11.9. The van der Waals surface area contributed by atoms with E-state index < -0.39 is 0 Å². The predicted octanol–water partition coefficient (Wildman–Crippen LogP) is 3.26. The standard InChI is InChI=1S/C16H26N2/c1-4-15(17)11-14-10-12(2)7-8-16(14)18-9-5-6-13(18)3/h7-8,10,13,15H,4-6,9,11,17H2,1-3H3. The number of nitrogens with zero attached hydrogens (tertiary/aromatic N) is 1. The molecule has 0 bridgehead atoms. The van der Waals surface area contributed by atoms with Gasteiger partial charge in [-0.2, -0.15) is 0 Å². The molecule has 1 aliphatic rings. The van der Waals surface area contributed by atoms with Gasteiger partial charge in [-0.1, -0.05) is 24.6 Å². The van der Waals surface area contributed by atoms with Crippen molar-refractivity contribution in [3.8, 4) is 0 Å². The minimum Gasteiger partial charge on any atom is -0.369 e. The lowest BCUT2D eigenvalue weighted by molar-refractivity contribution is 0.642. The Morgan fingerprint density at radius 2 is 2.22 bits per heavy atom. The number of aryl methyl sites for hydroxylation is 1. The van der Waals surface area contributed by atoms with Crippen molar-refractivity contribution in [1.29, 1.82) is 0 Å². The van der Waals surface area contributed by atoms with Gasteiger partial charge in [-0.05, 0) is 51.2 Å². The van der Waals surface area contributed by atoms with E-state index >= 15 is 0 Å². The molecule has 18 heavy (non-hydrogen) atoms. The SMILES string of the molecule is CCC(N)Cc1cc(C)ccc1N1CCCC1C. The molecule has 2 heteroatoms. The van der Waals surface area contributed by atoms with Crippen molar-refractivity contribution in [2.24, 2.45) is 5.73 Å². The lowest BCUT2D eigenvalue weighted by Gasteiger charge is -2.27. The third-order valence-corrected chi connectivity index (χ3v) is 4.10. The molecule has 0 radical (unpaired) electrons. The first-order chi connectivity index (χ1) is 8.61. The molecule has 0 aromatic heterocycles. The van der Waals surface area contributed by atoms with E-state index in [2.05, 4.69) is 43.9 Å². The summed E-state index contributed by atoms with van der Waals surface area (Å²) in [5.41, 5.74) is 10.3. The van der Waals surface area contributed by atoms with Gasteiger partial charge in [-0.25, -0.2) is 0 Å². The second-order valence-corrected chi connectivity index (χ2v) is 5.69. The molecule has 2 rings (SSSR count). The average molecular weight is 246 g/mol. The fourth-order valence-electron chi connectivity index (χ4n) is 2.88. The summed E-state index contributed by atoms with van der Waals surface area (Å²) in [4.78, 5) is 2.55. The monoisotopic (exact) mass is 246 g/mol. The molecule has 2 nitrogen and oxygen atoms in total. The Bertz CT molecular complexity index is 400. The van der Waals surface area contributed by atoms with E-state index in [0.717, 1.165) is 12.8 Å². The third-order valence-electron chi connectivity index (χ3n) is 4.10. The Kier molecular flexibility index (Phi) is 4.28. The quantitative estimate of drug-likeness (QED) is 0.883. The number of nitrogens with two attached hydrogens (primary N) is 1. The Balaban J connectivity index is 2.28. The average Bonchev–Trinajstić information content (AvgIpc) is 2.75. The second kappa shape index (κ2) is 5.75. The second-order valence-electron chi connectivity index (χ2n) is 5.69. The molecule has 1 aliphatic heterocycles. The Hall–Kier alpha value is -1.02. The molecule has 2 unspecified atom stereocenters. The van der Waals surface area contributed by atoms with Gasteiger partial charge in [0.15, 0.2) is 0 Å². The molecule has 1 saturated heterocycles. The maximum absolute atomic E-state index is 6.14. The zero-order valence-corrected chi connectivity index (χ0v) is 11.9. The van der Waals surface area contributed by atoms with Gasteiger partial charge in [0, 0.05) is 24.3 Å². The maximum Gasteiger partial charge on any atom is 0.0401 e. The maximum atomic E-state index is 6.14.